The number of sulfonamides is 1. The third-order valence-electron chi connectivity index (χ3n) is 4.45. The summed E-state index contributed by atoms with van der Waals surface area (Å²) in [6.07, 6.45) is 0. The molecule has 0 bridgehead atoms. The van der Waals surface area contributed by atoms with Crippen LogP contribution in [0.2, 0.25) is 5.02 Å². The highest BCUT2D eigenvalue weighted by Gasteiger charge is 2.17. The SMILES string of the molecule is CN(CCOc1ccccc1F)C(=O)c1ccc(NS(=O)(=O)c2ccc(F)c(Cl)c2)cc1. The molecule has 3 aromatic rings. The highest BCUT2D eigenvalue weighted by atomic mass is 35.5. The van der Waals surface area contributed by atoms with Crippen LogP contribution in [-0.2, 0) is 10.0 Å². The lowest BCUT2D eigenvalue weighted by Gasteiger charge is -2.18. The van der Waals surface area contributed by atoms with Crippen LogP contribution in [0.4, 0.5) is 14.5 Å². The fourth-order valence-electron chi connectivity index (χ4n) is 2.72. The van der Waals surface area contributed by atoms with Gasteiger partial charge in [0, 0.05) is 18.3 Å². The van der Waals surface area contributed by atoms with E-state index in [2.05, 4.69) is 4.72 Å². The average Bonchev–Trinajstić information content (AvgIpc) is 2.76. The van der Waals surface area contributed by atoms with Gasteiger partial charge in [-0.05, 0) is 54.6 Å². The molecule has 0 spiro atoms. The van der Waals surface area contributed by atoms with Gasteiger partial charge in [-0.1, -0.05) is 23.7 Å². The molecule has 1 N–H and O–H groups in total. The summed E-state index contributed by atoms with van der Waals surface area (Å²) in [5.74, 6) is -1.42. The Kier molecular flexibility index (Phi) is 7.32. The zero-order valence-corrected chi connectivity index (χ0v) is 18.5. The van der Waals surface area contributed by atoms with Crippen LogP contribution < -0.4 is 9.46 Å². The second kappa shape index (κ2) is 9.97. The van der Waals surface area contributed by atoms with Gasteiger partial charge >= 0.3 is 0 Å². The Balaban J connectivity index is 1.59. The van der Waals surface area contributed by atoms with Crippen molar-refractivity contribution in [2.24, 2.45) is 0 Å². The predicted molar refractivity (Wildman–Crippen MR) is 118 cm³/mol. The van der Waals surface area contributed by atoms with Crippen LogP contribution in [0.5, 0.6) is 5.75 Å². The van der Waals surface area contributed by atoms with Gasteiger partial charge in [0.1, 0.15) is 12.4 Å². The highest BCUT2D eigenvalue weighted by molar-refractivity contribution is 7.92. The maximum absolute atomic E-state index is 13.6. The van der Waals surface area contributed by atoms with Crippen LogP contribution in [0.1, 0.15) is 10.4 Å². The van der Waals surface area contributed by atoms with E-state index in [-0.39, 0.29) is 40.4 Å². The van der Waals surface area contributed by atoms with Gasteiger partial charge in [0.15, 0.2) is 11.6 Å². The number of carbonyl (C=O) groups is 1. The van der Waals surface area contributed by atoms with Gasteiger partial charge in [0.2, 0.25) is 0 Å². The molecule has 0 saturated heterocycles. The van der Waals surface area contributed by atoms with E-state index >= 15 is 0 Å². The highest BCUT2D eigenvalue weighted by Crippen LogP contribution is 2.22. The summed E-state index contributed by atoms with van der Waals surface area (Å²) in [4.78, 5) is 13.8. The van der Waals surface area contributed by atoms with Crippen molar-refractivity contribution in [1.82, 2.24) is 4.90 Å². The first-order valence-corrected chi connectivity index (χ1v) is 11.2. The molecule has 0 aliphatic heterocycles. The second-order valence-electron chi connectivity index (χ2n) is 6.76. The number of nitrogens with one attached hydrogen (secondary N) is 1. The number of rotatable bonds is 8. The van der Waals surface area contributed by atoms with Gasteiger partial charge in [-0.25, -0.2) is 17.2 Å². The van der Waals surface area contributed by atoms with Crippen LogP contribution in [0.25, 0.3) is 0 Å². The normalized spacial score (nSPS) is 11.1. The van der Waals surface area contributed by atoms with E-state index in [1.165, 1.54) is 41.3 Å². The smallest absolute Gasteiger partial charge is 0.261 e. The van der Waals surface area contributed by atoms with Gasteiger partial charge in [-0.2, -0.15) is 0 Å². The number of ether oxygens (including phenoxy) is 1. The summed E-state index contributed by atoms with van der Waals surface area (Å²) in [6.45, 7) is 0.314. The topological polar surface area (TPSA) is 75.7 Å². The molecule has 0 saturated carbocycles. The van der Waals surface area contributed by atoms with Crippen molar-refractivity contribution in [3.8, 4) is 5.75 Å². The number of likely N-dealkylation sites (N-methyl/N-ethyl adjacent to an activating group) is 1. The van der Waals surface area contributed by atoms with E-state index in [0.29, 0.717) is 5.56 Å². The summed E-state index contributed by atoms with van der Waals surface area (Å²) >= 11 is 5.65. The number of benzene rings is 3. The van der Waals surface area contributed by atoms with E-state index in [1.807, 2.05) is 0 Å². The first-order valence-electron chi connectivity index (χ1n) is 9.38. The lowest BCUT2D eigenvalue weighted by atomic mass is 10.2. The minimum atomic E-state index is -3.99. The molecule has 3 aromatic carbocycles. The molecule has 0 aliphatic rings. The van der Waals surface area contributed by atoms with Crippen molar-refractivity contribution in [2.45, 2.75) is 4.90 Å². The van der Waals surface area contributed by atoms with E-state index in [9.17, 15) is 22.0 Å². The van der Waals surface area contributed by atoms with Gasteiger partial charge < -0.3 is 9.64 Å². The summed E-state index contributed by atoms with van der Waals surface area (Å²) in [6, 6.07) is 14.8. The number of hydrogen-bond acceptors (Lipinski definition) is 4. The van der Waals surface area contributed by atoms with Crippen LogP contribution in [0.15, 0.2) is 71.6 Å². The first kappa shape index (κ1) is 23.5. The van der Waals surface area contributed by atoms with Crippen molar-refractivity contribution in [1.29, 1.82) is 0 Å². The maximum Gasteiger partial charge on any atom is 0.261 e. The lowest BCUT2D eigenvalue weighted by molar-refractivity contribution is 0.0773. The molecule has 0 aromatic heterocycles. The van der Waals surface area contributed by atoms with E-state index in [0.717, 1.165) is 18.2 Å². The summed E-state index contributed by atoms with van der Waals surface area (Å²) < 4.78 is 59.4. The molecule has 0 unspecified atom stereocenters. The third kappa shape index (κ3) is 5.74. The molecule has 0 fully saturated rings. The Morgan fingerprint density at radius 1 is 1.03 bits per heavy atom. The monoisotopic (exact) mass is 480 g/mol. The average molecular weight is 481 g/mol. The number of nitrogens with zero attached hydrogens (tertiary/aromatic N) is 1. The Hall–Kier alpha value is -3.17. The standard InChI is InChI=1S/C22H19ClF2N2O4S/c1-27(12-13-31-21-5-3-2-4-20(21)25)22(28)15-6-8-16(9-7-15)26-32(29,30)17-10-11-19(24)18(23)14-17/h2-11,14,26H,12-13H2,1H3. The Labute approximate surface area is 189 Å². The fraction of sp³-hybridized carbons (Fsp3) is 0.136. The zero-order valence-electron chi connectivity index (χ0n) is 16.9. The van der Waals surface area contributed by atoms with Gasteiger partial charge in [-0.15, -0.1) is 0 Å². The van der Waals surface area contributed by atoms with Gasteiger partial charge in [0.05, 0.1) is 16.5 Å². The van der Waals surface area contributed by atoms with E-state index in [4.69, 9.17) is 16.3 Å². The largest absolute Gasteiger partial charge is 0.489 e. The third-order valence-corrected chi connectivity index (χ3v) is 6.12. The van der Waals surface area contributed by atoms with Crippen LogP contribution >= 0.6 is 11.6 Å². The molecule has 10 heteroatoms. The molecule has 1 amide bonds. The molecule has 3 rings (SSSR count). The summed E-state index contributed by atoms with van der Waals surface area (Å²) in [5, 5.41) is -0.309. The molecule has 6 nitrogen and oxygen atoms in total. The number of amides is 1. The molecular weight excluding hydrogens is 462 g/mol. The predicted octanol–water partition coefficient (Wildman–Crippen LogP) is 4.57. The Morgan fingerprint density at radius 2 is 1.72 bits per heavy atom. The molecule has 168 valence electrons. The first-order chi connectivity index (χ1) is 15.2. The molecular formula is C22H19ClF2N2O4S. The van der Waals surface area contributed by atoms with Crippen molar-refractivity contribution >= 4 is 33.2 Å². The van der Waals surface area contributed by atoms with Crippen molar-refractivity contribution in [3.05, 3.63) is 89.0 Å². The Bertz CT molecular complexity index is 1220. The lowest BCUT2D eigenvalue weighted by Crippen LogP contribution is -2.30. The molecule has 0 atom stereocenters. The van der Waals surface area contributed by atoms with E-state index in [1.54, 1.807) is 19.2 Å². The summed E-state index contributed by atoms with van der Waals surface area (Å²) in [5.41, 5.74) is 0.540. The number of para-hydroxylation sites is 1. The molecule has 32 heavy (non-hydrogen) atoms. The second-order valence-corrected chi connectivity index (χ2v) is 8.85. The van der Waals surface area contributed by atoms with Crippen molar-refractivity contribution in [3.63, 3.8) is 0 Å². The van der Waals surface area contributed by atoms with Gasteiger partial charge in [0.25, 0.3) is 15.9 Å². The molecule has 0 aliphatic carbocycles. The van der Waals surface area contributed by atoms with Gasteiger partial charge in [-0.3, -0.25) is 9.52 Å². The zero-order chi connectivity index (χ0) is 23.3. The summed E-state index contributed by atoms with van der Waals surface area (Å²) in [7, 11) is -2.42. The number of carbonyl (C=O) groups excluding carboxylic acids is 1. The Morgan fingerprint density at radius 3 is 2.38 bits per heavy atom. The number of anilines is 1. The minimum absolute atomic E-state index is 0.0985. The minimum Gasteiger partial charge on any atom is -0.489 e. The van der Waals surface area contributed by atoms with Crippen molar-refractivity contribution in [2.75, 3.05) is 24.9 Å². The van der Waals surface area contributed by atoms with Crippen LogP contribution in [-0.4, -0.2) is 39.4 Å². The number of hydrogen-bond donors (Lipinski definition) is 1. The van der Waals surface area contributed by atoms with Crippen LogP contribution in [0.3, 0.4) is 0 Å². The maximum atomic E-state index is 13.6. The van der Waals surface area contributed by atoms with Crippen molar-refractivity contribution < 1.29 is 26.7 Å². The quantitative estimate of drug-likeness (QED) is 0.512. The number of halogens is 3. The molecule has 0 heterocycles. The fourth-order valence-corrected chi connectivity index (χ4v) is 4.04. The van der Waals surface area contributed by atoms with E-state index < -0.39 is 21.7 Å². The van der Waals surface area contributed by atoms with Crippen LogP contribution in [0, 0.1) is 11.6 Å². The molecule has 0 radical (unpaired) electrons.